The second-order valence-corrected chi connectivity index (χ2v) is 5.32. The Kier molecular flexibility index (Phi) is 1.82. The van der Waals surface area contributed by atoms with E-state index in [4.69, 9.17) is 15.9 Å². The lowest BCUT2D eigenvalue weighted by atomic mass is 9.96. The highest BCUT2D eigenvalue weighted by molar-refractivity contribution is 7.92. The Morgan fingerprint density at radius 2 is 2.07 bits per heavy atom. The Hall–Kier alpha value is -0.790. The van der Waals surface area contributed by atoms with E-state index in [9.17, 15) is 14.1 Å². The molecule has 0 aromatic heterocycles. The van der Waals surface area contributed by atoms with Gasteiger partial charge in [-0.2, -0.15) is 0 Å². The lowest BCUT2D eigenvalue weighted by Gasteiger charge is -2.19. The summed E-state index contributed by atoms with van der Waals surface area (Å²) in [6.45, 7) is 0. The third-order valence-corrected chi connectivity index (χ3v) is 4.87. The average molecular weight is 219 g/mol. The molecular weight excluding hydrogens is 210 g/mol. The van der Waals surface area contributed by atoms with Crippen molar-refractivity contribution < 1.29 is 24.4 Å². The number of hydrogen-bond donors (Lipinski definition) is 3. The van der Waals surface area contributed by atoms with E-state index in [1.54, 1.807) is 0 Å². The van der Waals surface area contributed by atoms with E-state index in [2.05, 4.69) is 0 Å². The summed E-state index contributed by atoms with van der Waals surface area (Å²) in [5.41, 5.74) is 3.94. The second-order valence-electron chi connectivity index (χ2n) is 3.73. The number of aliphatic carboxylic acids is 2. The zero-order valence-corrected chi connectivity index (χ0v) is 7.86. The number of carbonyl (C=O) groups is 2. The first-order valence-corrected chi connectivity index (χ1v) is 5.40. The lowest BCUT2D eigenvalue weighted by Crippen LogP contribution is -2.53. The number of rotatable bonds is 2. The third-order valence-electron chi connectivity index (χ3n) is 2.92. The van der Waals surface area contributed by atoms with Gasteiger partial charge in [-0.25, -0.2) is 0 Å². The predicted molar refractivity (Wildman–Crippen MR) is 46.0 cm³/mol. The fourth-order valence-corrected chi connectivity index (χ4v) is 4.39. The molecule has 2 aliphatic rings. The van der Waals surface area contributed by atoms with E-state index in [1.807, 2.05) is 0 Å². The van der Waals surface area contributed by atoms with Crippen molar-refractivity contribution in [3.63, 3.8) is 0 Å². The fraction of sp³-hybridized carbons (Fsp3) is 0.714. The molecule has 78 valence electrons. The molecule has 1 aliphatic carbocycles. The molecule has 2 rings (SSSR count). The van der Waals surface area contributed by atoms with Gasteiger partial charge in [0.1, 0.15) is 16.9 Å². The highest BCUT2D eigenvalue weighted by Gasteiger charge is 2.78. The fourth-order valence-electron chi connectivity index (χ4n) is 2.15. The summed E-state index contributed by atoms with van der Waals surface area (Å²) in [6.07, 6.45) is 0. The first-order valence-electron chi connectivity index (χ1n) is 4.02. The van der Waals surface area contributed by atoms with E-state index in [0.29, 0.717) is 0 Å². The van der Waals surface area contributed by atoms with E-state index in [0.717, 1.165) is 0 Å². The summed E-state index contributed by atoms with van der Waals surface area (Å²) in [5, 5.41) is 17.0. The van der Waals surface area contributed by atoms with Gasteiger partial charge in [0.25, 0.3) is 0 Å². The standard InChI is InChI=1S/C7H9NO5S/c8-7(6(11)12)1-14(13)4-2(3(4)7)5(9)10/h2-4H,1,8H2,(H,9,10)(H,11,12)/t2-,3-,4+,7+,14-/m1/s1. The number of carboxylic acid groups (broad SMARTS) is 2. The first kappa shape index (κ1) is 9.75. The number of hydrogen-bond acceptors (Lipinski definition) is 4. The van der Waals surface area contributed by atoms with E-state index in [1.165, 1.54) is 0 Å². The molecule has 1 saturated heterocycles. The Bertz CT molecular complexity index is 321. The molecule has 0 spiro atoms. The van der Waals surface area contributed by atoms with E-state index in [-0.39, 0.29) is 5.75 Å². The van der Waals surface area contributed by atoms with Gasteiger partial charge in [-0.15, -0.1) is 0 Å². The third kappa shape index (κ3) is 0.999. The minimum atomic E-state index is -1.61. The maximum atomic E-state index is 11.4. The molecule has 1 heterocycles. The van der Waals surface area contributed by atoms with E-state index >= 15 is 0 Å². The smallest absolute Gasteiger partial charge is 0.329 e. The van der Waals surface area contributed by atoms with Crippen molar-refractivity contribution in [3.8, 4) is 0 Å². The average Bonchev–Trinajstić information content (AvgIpc) is 2.72. The summed E-state index contributed by atoms with van der Waals surface area (Å²) >= 11 is -1.42. The number of nitrogens with two attached hydrogens (primary N) is 1. The monoisotopic (exact) mass is 219 g/mol. The molecule has 0 aromatic carbocycles. The maximum absolute atomic E-state index is 11.4. The van der Waals surface area contributed by atoms with E-state index < -0.39 is 45.7 Å². The summed E-state index contributed by atoms with van der Waals surface area (Å²) in [7, 11) is 0. The molecule has 0 unspecified atom stereocenters. The van der Waals surface area contributed by atoms with Crippen molar-refractivity contribution >= 4 is 23.1 Å². The Morgan fingerprint density at radius 1 is 1.50 bits per heavy atom. The van der Waals surface area contributed by atoms with Gasteiger partial charge < -0.3 is 20.5 Å². The molecule has 5 atom stereocenters. The quantitative estimate of drug-likeness (QED) is 0.472. The molecule has 4 N–H and O–H groups in total. The molecule has 1 aliphatic heterocycles. The zero-order valence-electron chi connectivity index (χ0n) is 7.04. The second kappa shape index (κ2) is 2.62. The number of fused-ring (bicyclic) bond motifs is 1. The van der Waals surface area contributed by atoms with Crippen molar-refractivity contribution in [2.24, 2.45) is 17.6 Å². The minimum absolute atomic E-state index is 0.137. The van der Waals surface area contributed by atoms with Crippen LogP contribution in [-0.2, 0) is 20.8 Å². The van der Waals surface area contributed by atoms with Crippen LogP contribution in [-0.4, -0.2) is 43.2 Å². The summed E-state index contributed by atoms with van der Waals surface area (Å²) in [4.78, 5) is 21.5. The topological polar surface area (TPSA) is 124 Å². The molecule has 0 radical (unpaired) electrons. The lowest BCUT2D eigenvalue weighted by molar-refractivity contribution is -0.144. The van der Waals surface area contributed by atoms with Crippen LogP contribution >= 0.6 is 0 Å². The molecule has 6 nitrogen and oxygen atoms in total. The highest BCUT2D eigenvalue weighted by atomic mass is 32.2. The largest absolute Gasteiger partial charge is 0.616 e. The molecule has 14 heavy (non-hydrogen) atoms. The summed E-state index contributed by atoms with van der Waals surface area (Å²) < 4.78 is 11.4. The summed E-state index contributed by atoms with van der Waals surface area (Å²) in [6, 6.07) is 0. The molecule has 0 bridgehead atoms. The van der Waals surface area contributed by atoms with Crippen LogP contribution in [0.1, 0.15) is 0 Å². The van der Waals surface area contributed by atoms with Crippen LogP contribution < -0.4 is 5.73 Å². The SMILES string of the molecule is N[C@@]1(C(=O)O)C[S@@+]([O-])[C@H]2[C@H](C(=O)O)[C@H]21. The van der Waals surface area contributed by atoms with Crippen molar-refractivity contribution in [3.05, 3.63) is 0 Å². The van der Waals surface area contributed by atoms with Gasteiger partial charge in [0, 0.05) is 0 Å². The van der Waals surface area contributed by atoms with Gasteiger partial charge in [-0.1, -0.05) is 0 Å². The Balaban J connectivity index is 2.26. The maximum Gasteiger partial charge on any atom is 0.329 e. The number of carboxylic acids is 2. The molecule has 0 aromatic rings. The summed E-state index contributed by atoms with van der Waals surface area (Å²) in [5.74, 6) is -4.02. The van der Waals surface area contributed by atoms with Crippen molar-refractivity contribution in [1.29, 1.82) is 0 Å². The van der Waals surface area contributed by atoms with Crippen LogP contribution in [0, 0.1) is 11.8 Å². The van der Waals surface area contributed by atoms with Crippen LogP contribution in [0.5, 0.6) is 0 Å². The normalized spacial score (nSPS) is 49.9. The van der Waals surface area contributed by atoms with Crippen LogP contribution in [0.15, 0.2) is 0 Å². The van der Waals surface area contributed by atoms with Crippen LogP contribution in [0.2, 0.25) is 0 Å². The molecule has 0 amide bonds. The molecule has 7 heteroatoms. The molecule has 1 saturated carbocycles. The van der Waals surface area contributed by atoms with Gasteiger partial charge in [0.05, 0.1) is 5.92 Å². The van der Waals surface area contributed by atoms with Crippen molar-refractivity contribution in [2.75, 3.05) is 5.75 Å². The highest BCUT2D eigenvalue weighted by Crippen LogP contribution is 2.56. The minimum Gasteiger partial charge on any atom is -0.616 e. The van der Waals surface area contributed by atoms with Crippen LogP contribution in [0.3, 0.4) is 0 Å². The first-order chi connectivity index (χ1) is 6.39. The van der Waals surface area contributed by atoms with Gasteiger partial charge in [-0.3, -0.25) is 9.59 Å². The molecular formula is C7H9NO5S. The van der Waals surface area contributed by atoms with Crippen molar-refractivity contribution in [1.82, 2.24) is 0 Å². The van der Waals surface area contributed by atoms with Crippen molar-refractivity contribution in [2.45, 2.75) is 10.8 Å². The molecule has 2 fully saturated rings. The zero-order chi connectivity index (χ0) is 10.7. The van der Waals surface area contributed by atoms with Gasteiger partial charge in [-0.05, 0) is 11.2 Å². The van der Waals surface area contributed by atoms with Gasteiger partial charge >= 0.3 is 11.9 Å². The Morgan fingerprint density at radius 3 is 2.43 bits per heavy atom. The van der Waals surface area contributed by atoms with Gasteiger partial charge in [0.15, 0.2) is 5.54 Å². The predicted octanol–water partition coefficient (Wildman–Crippen LogP) is -1.77. The van der Waals surface area contributed by atoms with Gasteiger partial charge in [0.2, 0.25) is 0 Å². The van der Waals surface area contributed by atoms with Crippen LogP contribution in [0.4, 0.5) is 0 Å². The van der Waals surface area contributed by atoms with Crippen LogP contribution in [0.25, 0.3) is 0 Å². The Labute approximate surface area is 82.3 Å².